The van der Waals surface area contributed by atoms with E-state index in [0.29, 0.717) is 31.4 Å². The van der Waals surface area contributed by atoms with Gasteiger partial charge in [-0.1, -0.05) is 46.1 Å². The van der Waals surface area contributed by atoms with Gasteiger partial charge in [0.15, 0.2) is 11.5 Å². The van der Waals surface area contributed by atoms with Gasteiger partial charge in [0.1, 0.15) is 17.9 Å². The third kappa shape index (κ3) is 19.1. The van der Waals surface area contributed by atoms with Crippen molar-refractivity contribution in [3.63, 3.8) is 0 Å². The molecule has 0 aromatic heterocycles. The molecule has 0 heterocycles. The summed E-state index contributed by atoms with van der Waals surface area (Å²) in [6, 6.07) is 2.87. The molecule has 13 heteroatoms. The smallest absolute Gasteiger partial charge is 0.326 e. The number of phenolic OH excluding ortho intramolecular Hbond substituents is 1. The number of hydrogen-bond donors (Lipinski definition) is 6. The van der Waals surface area contributed by atoms with Crippen molar-refractivity contribution in [3.05, 3.63) is 23.8 Å². The molecule has 4 unspecified atom stereocenters. The van der Waals surface area contributed by atoms with Gasteiger partial charge in [-0.15, -0.1) is 0 Å². The highest BCUT2D eigenvalue weighted by Gasteiger charge is 2.27. The molecule has 0 aliphatic rings. The fourth-order valence-electron chi connectivity index (χ4n) is 4.14. The van der Waals surface area contributed by atoms with Crippen molar-refractivity contribution in [2.24, 2.45) is 11.7 Å². The van der Waals surface area contributed by atoms with Gasteiger partial charge in [0.25, 0.3) is 0 Å². The van der Waals surface area contributed by atoms with Crippen LogP contribution in [0, 0.1) is 5.92 Å². The summed E-state index contributed by atoms with van der Waals surface area (Å²) in [5.74, 6) is -1.69. The number of aromatic hydroxyl groups is 1. The molecule has 0 saturated heterocycles. The molecule has 250 valence electrons. The van der Waals surface area contributed by atoms with Crippen LogP contribution in [-0.2, 0) is 30.4 Å². The molecular formula is C31H51N3O9S. The number of hydrogen-bond acceptors (Lipinski definition) is 9. The molecule has 0 fully saturated rings. The number of unbranched alkanes of at least 4 members (excludes halogenated alkanes) is 2. The highest BCUT2D eigenvalue weighted by Crippen LogP contribution is 2.27. The van der Waals surface area contributed by atoms with Gasteiger partial charge < -0.3 is 36.4 Å². The number of benzene rings is 1. The van der Waals surface area contributed by atoms with Crippen molar-refractivity contribution in [2.75, 3.05) is 12.9 Å². The first kappa shape index (κ1) is 40.7. The van der Waals surface area contributed by atoms with Gasteiger partial charge in [-0.3, -0.25) is 19.2 Å². The third-order valence-electron chi connectivity index (χ3n) is 6.42. The summed E-state index contributed by atoms with van der Waals surface area (Å²) >= 11 is 1.45. The highest BCUT2D eigenvalue weighted by atomic mass is 32.2. The Morgan fingerprint density at radius 1 is 1.07 bits per heavy atom. The lowest BCUT2D eigenvalue weighted by Crippen LogP contribution is -2.51. The van der Waals surface area contributed by atoms with Crippen molar-refractivity contribution < 1.29 is 44.0 Å². The number of ether oxygens (including phenoxy) is 1. The number of aryl methyl sites for hydroxylation is 1. The van der Waals surface area contributed by atoms with Crippen LogP contribution in [0.1, 0.15) is 84.6 Å². The number of nitrogens with two attached hydrogens (primary N) is 1. The van der Waals surface area contributed by atoms with Gasteiger partial charge in [0, 0.05) is 29.9 Å². The molecule has 1 aromatic carbocycles. The summed E-state index contributed by atoms with van der Waals surface area (Å²) in [5.41, 5.74) is 6.00. The van der Waals surface area contributed by atoms with Gasteiger partial charge in [0.2, 0.25) is 12.3 Å². The molecular weight excluding hydrogens is 590 g/mol. The van der Waals surface area contributed by atoms with E-state index in [1.54, 1.807) is 25.1 Å². The number of nitrogens with one attached hydrogen (secondary N) is 2. The van der Waals surface area contributed by atoms with E-state index < -0.39 is 29.9 Å². The van der Waals surface area contributed by atoms with E-state index in [1.165, 1.54) is 18.9 Å². The molecule has 0 bridgehead atoms. The molecule has 44 heavy (non-hydrogen) atoms. The summed E-state index contributed by atoms with van der Waals surface area (Å²) < 4.78 is 5.13. The first-order chi connectivity index (χ1) is 20.7. The van der Waals surface area contributed by atoms with Crippen molar-refractivity contribution in [2.45, 2.75) is 109 Å². The standard InChI is InChI=1S/C27H42N2O7S.C4H9NO2/c1-5-6-7-8-21(15-20(31)11-9-19-10-12-24(32)25(14-19)36-4)37-16-23(28-17-30)26(33)29-22(27(34)35)13-18(2)3;1-3(5)2-4(6)7/h10,12,14,17-18,21-23,32H,5-9,11,13,15-16H2,1-4H3,(H,28,30)(H,29,33)(H,34,35);3H,2,5H2,1H3,(H,6,7). The topological polar surface area (TPSA) is 205 Å². The molecule has 0 aliphatic carbocycles. The molecule has 7 N–H and O–H groups in total. The lowest BCUT2D eigenvalue weighted by Gasteiger charge is -2.23. The minimum Gasteiger partial charge on any atom is -0.504 e. The Morgan fingerprint density at radius 3 is 2.25 bits per heavy atom. The molecule has 0 saturated carbocycles. The van der Waals surface area contributed by atoms with Crippen LogP contribution in [0.5, 0.6) is 11.5 Å². The van der Waals surface area contributed by atoms with Crippen LogP contribution in [0.25, 0.3) is 0 Å². The number of carboxylic acid groups (broad SMARTS) is 2. The SMILES string of the molecule is CC(N)CC(=O)O.CCCCCC(CC(=O)CCc1ccc(O)c(OC)c1)SCC(NC=O)C(=O)NC(CC(C)C)C(=O)O. The predicted molar refractivity (Wildman–Crippen MR) is 171 cm³/mol. The van der Waals surface area contributed by atoms with Gasteiger partial charge in [-0.05, 0) is 49.8 Å². The summed E-state index contributed by atoms with van der Waals surface area (Å²) in [7, 11) is 1.47. The first-order valence-electron chi connectivity index (χ1n) is 14.9. The number of thioether (sulfide) groups is 1. The van der Waals surface area contributed by atoms with E-state index in [-0.39, 0.29) is 47.3 Å². The average Bonchev–Trinajstić information content (AvgIpc) is 2.93. The monoisotopic (exact) mass is 641 g/mol. The van der Waals surface area contributed by atoms with E-state index in [2.05, 4.69) is 17.6 Å². The van der Waals surface area contributed by atoms with Crippen LogP contribution >= 0.6 is 11.8 Å². The van der Waals surface area contributed by atoms with Crippen LogP contribution in [0.4, 0.5) is 0 Å². The fraction of sp³-hybridized carbons (Fsp3) is 0.645. The Kier molecular flexibility index (Phi) is 21.4. The number of aliphatic carboxylic acids is 2. The van der Waals surface area contributed by atoms with E-state index in [4.69, 9.17) is 15.6 Å². The zero-order valence-corrected chi connectivity index (χ0v) is 27.4. The Hall–Kier alpha value is -3.32. The Balaban J connectivity index is 0.00000234. The van der Waals surface area contributed by atoms with Crippen molar-refractivity contribution in [1.82, 2.24) is 10.6 Å². The molecule has 0 spiro atoms. The maximum Gasteiger partial charge on any atom is 0.326 e. The minimum atomic E-state index is -1.12. The Labute approximate surface area is 264 Å². The van der Waals surface area contributed by atoms with Crippen LogP contribution in [0.2, 0.25) is 0 Å². The van der Waals surface area contributed by atoms with E-state index in [1.807, 2.05) is 13.8 Å². The third-order valence-corrected chi connectivity index (χ3v) is 7.82. The van der Waals surface area contributed by atoms with E-state index >= 15 is 0 Å². The highest BCUT2D eigenvalue weighted by molar-refractivity contribution is 8.00. The first-order valence-corrected chi connectivity index (χ1v) is 16.0. The molecule has 1 aromatic rings. The largest absolute Gasteiger partial charge is 0.504 e. The van der Waals surface area contributed by atoms with Crippen LogP contribution in [0.3, 0.4) is 0 Å². The number of carbonyl (C=O) groups is 5. The predicted octanol–water partition coefficient (Wildman–Crippen LogP) is 3.51. The fourth-order valence-corrected chi connectivity index (χ4v) is 5.49. The quantitative estimate of drug-likeness (QED) is 0.0798. The van der Waals surface area contributed by atoms with Gasteiger partial charge >= 0.3 is 11.9 Å². The Bertz CT molecular complexity index is 1040. The number of phenols is 1. The molecule has 12 nitrogen and oxygen atoms in total. The molecule has 0 radical (unpaired) electrons. The lowest BCUT2D eigenvalue weighted by molar-refractivity contribution is -0.142. The second-order valence-corrected chi connectivity index (χ2v) is 12.5. The summed E-state index contributed by atoms with van der Waals surface area (Å²) in [6.45, 7) is 7.50. The number of carboxylic acids is 2. The molecule has 2 amide bonds. The van der Waals surface area contributed by atoms with Crippen LogP contribution in [0.15, 0.2) is 18.2 Å². The maximum atomic E-state index is 12.8. The minimum absolute atomic E-state index is 0.0249. The second kappa shape index (κ2) is 23.1. The van der Waals surface area contributed by atoms with E-state index in [0.717, 1.165) is 31.2 Å². The molecule has 0 aliphatic heterocycles. The molecule has 4 atom stereocenters. The zero-order chi connectivity index (χ0) is 33.7. The van der Waals surface area contributed by atoms with Crippen molar-refractivity contribution >= 4 is 41.8 Å². The van der Waals surface area contributed by atoms with Crippen molar-refractivity contribution in [3.8, 4) is 11.5 Å². The van der Waals surface area contributed by atoms with Gasteiger partial charge in [0.05, 0.1) is 13.5 Å². The second-order valence-electron chi connectivity index (χ2n) is 11.1. The number of amides is 2. The van der Waals surface area contributed by atoms with E-state index in [9.17, 15) is 34.2 Å². The normalized spacial score (nSPS) is 13.4. The number of ketones is 1. The molecule has 1 rings (SSSR count). The van der Waals surface area contributed by atoms with Crippen LogP contribution in [-0.4, -0.2) is 81.6 Å². The Morgan fingerprint density at radius 2 is 1.75 bits per heavy atom. The number of carbonyl (C=O) groups excluding carboxylic acids is 3. The summed E-state index contributed by atoms with van der Waals surface area (Å²) in [6.07, 6.45) is 5.79. The number of methoxy groups -OCH3 is 1. The number of rotatable bonds is 22. The summed E-state index contributed by atoms with van der Waals surface area (Å²) in [4.78, 5) is 58.0. The lowest BCUT2D eigenvalue weighted by atomic mass is 10.0. The average molecular weight is 642 g/mol. The van der Waals surface area contributed by atoms with Gasteiger partial charge in [-0.2, -0.15) is 11.8 Å². The summed E-state index contributed by atoms with van der Waals surface area (Å²) in [5, 5.41) is 32.2. The van der Waals surface area contributed by atoms with Crippen LogP contribution < -0.4 is 21.1 Å². The van der Waals surface area contributed by atoms with Crippen molar-refractivity contribution in [1.29, 1.82) is 0 Å². The number of Topliss-reactive ketones (excluding diaryl/α,β-unsaturated/α-hetero) is 1. The maximum absolute atomic E-state index is 12.8. The zero-order valence-electron chi connectivity index (χ0n) is 26.5. The van der Waals surface area contributed by atoms with Gasteiger partial charge in [-0.25, -0.2) is 4.79 Å².